The van der Waals surface area contributed by atoms with Crippen LogP contribution in [0.1, 0.15) is 25.1 Å². The lowest BCUT2D eigenvalue weighted by molar-refractivity contribution is 1.01. The summed E-state index contributed by atoms with van der Waals surface area (Å²) < 4.78 is 0. The van der Waals surface area contributed by atoms with Crippen LogP contribution in [0.15, 0.2) is 48.7 Å². The van der Waals surface area contributed by atoms with Crippen molar-refractivity contribution in [2.24, 2.45) is 0 Å². The topological polar surface area (TPSA) is 16.1 Å². The second-order valence-electron chi connectivity index (χ2n) is 5.41. The average molecular weight is 408 g/mol. The van der Waals surface area contributed by atoms with Crippen molar-refractivity contribution in [3.8, 4) is 0 Å². The second kappa shape index (κ2) is 8.93. The standard InChI is InChI=1S/C10H11N.C9H13N.HI/c1-11(2)10-7-8-3-5-9(10)6-4-8;1-3-8-5-6-10-9(4-2)7-8;/h3-7H,1-2H3;5-7H,3-4H2,1-2H3;1H. The molecule has 118 valence electrons. The predicted molar refractivity (Wildman–Crippen MR) is 108 cm³/mol. The summed E-state index contributed by atoms with van der Waals surface area (Å²) in [6.45, 7) is 4.29. The molecule has 0 amide bonds. The first-order chi connectivity index (χ1) is 10.1. The highest BCUT2D eigenvalue weighted by molar-refractivity contribution is 14.0. The molecule has 0 spiro atoms. The van der Waals surface area contributed by atoms with Gasteiger partial charge in [-0.25, -0.2) is 0 Å². The maximum absolute atomic E-state index is 4.21. The number of hydrogen-bond acceptors (Lipinski definition) is 2. The minimum Gasteiger partial charge on any atom is -0.377 e. The third-order valence-electron chi connectivity index (χ3n) is 3.64. The van der Waals surface area contributed by atoms with E-state index in [1.807, 2.05) is 6.20 Å². The molecule has 0 unspecified atom stereocenters. The van der Waals surface area contributed by atoms with Gasteiger partial charge in [0.05, 0.1) is 0 Å². The van der Waals surface area contributed by atoms with E-state index in [4.69, 9.17) is 0 Å². The number of rotatable bonds is 3. The van der Waals surface area contributed by atoms with E-state index in [0.717, 1.165) is 12.8 Å². The largest absolute Gasteiger partial charge is 0.377 e. The van der Waals surface area contributed by atoms with Crippen LogP contribution >= 0.6 is 24.0 Å². The van der Waals surface area contributed by atoms with Crippen LogP contribution in [0.4, 0.5) is 5.69 Å². The van der Waals surface area contributed by atoms with Gasteiger partial charge < -0.3 is 4.90 Å². The molecule has 22 heavy (non-hydrogen) atoms. The van der Waals surface area contributed by atoms with E-state index in [1.54, 1.807) is 0 Å². The Balaban J connectivity index is 0.000000212. The Morgan fingerprint density at radius 2 is 1.59 bits per heavy atom. The molecule has 2 bridgehead atoms. The van der Waals surface area contributed by atoms with Gasteiger partial charge in [0.2, 0.25) is 0 Å². The Hall–Kier alpha value is -1.36. The SMILES string of the molecule is CCc1ccnc(CC)c1.CN(C)c1cc2ccc1cc2.I. The third kappa shape index (κ3) is 4.83. The molecule has 0 aliphatic carbocycles. The van der Waals surface area contributed by atoms with Crippen molar-refractivity contribution in [1.29, 1.82) is 0 Å². The summed E-state index contributed by atoms with van der Waals surface area (Å²) >= 11 is 0. The average Bonchev–Trinajstić information content (AvgIpc) is 2.56. The van der Waals surface area contributed by atoms with Crippen molar-refractivity contribution in [1.82, 2.24) is 4.98 Å². The van der Waals surface area contributed by atoms with Crippen molar-refractivity contribution < 1.29 is 0 Å². The van der Waals surface area contributed by atoms with Gasteiger partial charge in [-0.15, -0.1) is 24.0 Å². The van der Waals surface area contributed by atoms with Crippen LogP contribution in [0.2, 0.25) is 0 Å². The summed E-state index contributed by atoms with van der Waals surface area (Å²) in [7, 11) is 4.14. The molecule has 0 radical (unpaired) electrons. The lowest BCUT2D eigenvalue weighted by Crippen LogP contribution is -2.08. The molecule has 3 aromatic carbocycles. The Morgan fingerprint density at radius 1 is 0.909 bits per heavy atom. The number of aromatic nitrogens is 1. The fraction of sp³-hybridized carbons (Fsp3) is 0.316. The summed E-state index contributed by atoms with van der Waals surface area (Å²) in [4.78, 5) is 6.35. The molecule has 0 N–H and O–H groups in total. The molecule has 0 saturated heterocycles. The minimum atomic E-state index is 0. The molecule has 3 heteroatoms. The molecule has 4 rings (SSSR count). The summed E-state index contributed by atoms with van der Waals surface area (Å²) in [5, 5.41) is 2.61. The smallest absolute Gasteiger partial charge is 0.0440 e. The lowest BCUT2D eigenvalue weighted by Gasteiger charge is -2.15. The Kier molecular flexibility index (Phi) is 7.59. The Labute approximate surface area is 150 Å². The van der Waals surface area contributed by atoms with Gasteiger partial charge in [-0.3, -0.25) is 4.98 Å². The molecule has 0 fully saturated rings. The van der Waals surface area contributed by atoms with Gasteiger partial charge in [-0.2, -0.15) is 0 Å². The lowest BCUT2D eigenvalue weighted by atomic mass is 10.1. The number of hydrogen-bond donors (Lipinski definition) is 0. The van der Waals surface area contributed by atoms with Gasteiger partial charge in [0.25, 0.3) is 0 Å². The minimum absolute atomic E-state index is 0. The molecular weight excluding hydrogens is 383 g/mol. The number of fused-ring (bicyclic) bond motifs is 3. The highest BCUT2D eigenvalue weighted by Gasteiger charge is 2.00. The molecule has 0 saturated carbocycles. The van der Waals surface area contributed by atoms with E-state index in [-0.39, 0.29) is 24.0 Å². The van der Waals surface area contributed by atoms with E-state index in [0.29, 0.717) is 0 Å². The van der Waals surface area contributed by atoms with Crippen LogP contribution in [-0.2, 0) is 12.8 Å². The molecule has 1 heterocycles. The number of benzene rings is 3. The maximum atomic E-state index is 4.21. The molecule has 4 aromatic rings. The van der Waals surface area contributed by atoms with Crippen LogP contribution in [0.25, 0.3) is 10.8 Å². The number of halogens is 1. The van der Waals surface area contributed by atoms with Crippen LogP contribution < -0.4 is 4.90 Å². The number of nitrogens with zero attached hydrogens (tertiary/aromatic N) is 2. The van der Waals surface area contributed by atoms with Gasteiger partial charge in [0, 0.05) is 31.7 Å². The van der Waals surface area contributed by atoms with E-state index < -0.39 is 0 Å². The third-order valence-corrected chi connectivity index (χ3v) is 3.64. The molecule has 2 nitrogen and oxygen atoms in total. The predicted octanol–water partition coefficient (Wildman–Crippen LogP) is 5.17. The fourth-order valence-corrected chi connectivity index (χ4v) is 2.32. The zero-order valence-electron chi connectivity index (χ0n) is 13.8. The van der Waals surface area contributed by atoms with Crippen molar-refractivity contribution in [2.45, 2.75) is 26.7 Å². The first kappa shape index (κ1) is 18.7. The van der Waals surface area contributed by atoms with E-state index in [1.165, 1.54) is 27.7 Å². The van der Waals surface area contributed by atoms with Gasteiger partial charge in [-0.05, 0) is 47.4 Å². The van der Waals surface area contributed by atoms with Crippen LogP contribution in [0.3, 0.4) is 0 Å². The first-order valence-corrected chi connectivity index (χ1v) is 7.57. The van der Waals surface area contributed by atoms with Crippen molar-refractivity contribution in [3.05, 3.63) is 59.9 Å². The number of aryl methyl sites for hydroxylation is 2. The quantitative estimate of drug-likeness (QED) is 0.556. The van der Waals surface area contributed by atoms with Gasteiger partial charge in [0.1, 0.15) is 0 Å². The Bertz CT molecular complexity index is 640. The summed E-state index contributed by atoms with van der Waals surface area (Å²) in [5.74, 6) is 0. The fourth-order valence-electron chi connectivity index (χ4n) is 2.32. The summed E-state index contributed by atoms with van der Waals surface area (Å²) in [6.07, 6.45) is 4.03. The molecular formula is C19H25IN2. The molecule has 0 atom stereocenters. The summed E-state index contributed by atoms with van der Waals surface area (Å²) in [5.41, 5.74) is 3.89. The first-order valence-electron chi connectivity index (χ1n) is 7.57. The molecule has 0 aliphatic rings. The van der Waals surface area contributed by atoms with E-state index in [9.17, 15) is 0 Å². The zero-order valence-corrected chi connectivity index (χ0v) is 16.2. The van der Waals surface area contributed by atoms with Crippen LogP contribution in [0.5, 0.6) is 0 Å². The van der Waals surface area contributed by atoms with Crippen LogP contribution in [-0.4, -0.2) is 19.1 Å². The normalized spacial score (nSPS) is 9.82. The monoisotopic (exact) mass is 408 g/mol. The van der Waals surface area contributed by atoms with Crippen molar-refractivity contribution in [2.75, 3.05) is 19.0 Å². The molecule has 0 aliphatic heterocycles. The maximum Gasteiger partial charge on any atom is 0.0440 e. The number of pyridine rings is 1. The summed E-state index contributed by atoms with van der Waals surface area (Å²) in [6, 6.07) is 15.0. The zero-order chi connectivity index (χ0) is 15.2. The van der Waals surface area contributed by atoms with Gasteiger partial charge >= 0.3 is 0 Å². The van der Waals surface area contributed by atoms with E-state index in [2.05, 4.69) is 80.3 Å². The molecule has 1 aromatic heterocycles. The van der Waals surface area contributed by atoms with Crippen LogP contribution in [0, 0.1) is 0 Å². The van der Waals surface area contributed by atoms with Gasteiger partial charge in [0.15, 0.2) is 0 Å². The highest BCUT2D eigenvalue weighted by Crippen LogP contribution is 2.24. The Morgan fingerprint density at radius 3 is 2.00 bits per heavy atom. The second-order valence-corrected chi connectivity index (χ2v) is 5.41. The van der Waals surface area contributed by atoms with Gasteiger partial charge in [-0.1, -0.05) is 38.1 Å². The number of anilines is 1. The van der Waals surface area contributed by atoms with Crippen molar-refractivity contribution in [3.63, 3.8) is 0 Å². The highest BCUT2D eigenvalue weighted by atomic mass is 127. The van der Waals surface area contributed by atoms with E-state index >= 15 is 0 Å². The van der Waals surface area contributed by atoms with Crippen molar-refractivity contribution >= 4 is 40.4 Å².